The molecule has 3 heterocycles. The minimum absolute atomic E-state index is 0.0554. The van der Waals surface area contributed by atoms with Crippen molar-refractivity contribution in [1.29, 1.82) is 0 Å². The molecule has 0 radical (unpaired) electrons. The number of carbonyl (C=O) groups excluding carboxylic acids is 1. The third-order valence-corrected chi connectivity index (χ3v) is 8.40. The van der Waals surface area contributed by atoms with Gasteiger partial charge >= 0.3 is 5.97 Å². The number of hydrogen-bond acceptors (Lipinski definition) is 6. The van der Waals surface area contributed by atoms with E-state index in [0.29, 0.717) is 6.42 Å². The number of benzene rings is 1. The highest BCUT2D eigenvalue weighted by Crippen LogP contribution is 2.74. The Balaban J connectivity index is 1.73. The summed E-state index contributed by atoms with van der Waals surface area (Å²) in [6, 6.07) is 8.19. The number of methoxy groups -OCH3 is 1. The first-order chi connectivity index (χ1) is 13.0. The lowest BCUT2D eigenvalue weighted by molar-refractivity contribution is -0.258. The molecule has 6 heteroatoms. The van der Waals surface area contributed by atoms with Crippen LogP contribution in [0.15, 0.2) is 36.4 Å². The molecule has 3 saturated carbocycles. The molecule has 6 atom stereocenters. The Labute approximate surface area is 157 Å². The van der Waals surface area contributed by atoms with Gasteiger partial charge in [0, 0.05) is 29.1 Å². The van der Waals surface area contributed by atoms with Crippen molar-refractivity contribution in [3.63, 3.8) is 0 Å². The van der Waals surface area contributed by atoms with E-state index in [9.17, 15) is 15.0 Å². The normalized spacial score (nSPS) is 48.6. The number of aliphatic hydroxyl groups is 2. The van der Waals surface area contributed by atoms with Gasteiger partial charge in [0.05, 0.1) is 12.6 Å². The quantitative estimate of drug-likeness (QED) is 0.502. The molecule has 3 aliphatic carbocycles. The number of rotatable bonds is 1. The van der Waals surface area contributed by atoms with E-state index in [0.717, 1.165) is 37.2 Å². The van der Waals surface area contributed by atoms with Crippen LogP contribution in [-0.4, -0.2) is 64.6 Å². The van der Waals surface area contributed by atoms with Gasteiger partial charge in [0.25, 0.3) is 0 Å². The minimum Gasteiger partial charge on any atom is -0.467 e. The summed E-state index contributed by atoms with van der Waals surface area (Å²) in [6.07, 6.45) is 5.12. The second-order valence-corrected chi connectivity index (χ2v) is 8.87. The van der Waals surface area contributed by atoms with Crippen molar-refractivity contribution in [3.8, 4) is 0 Å². The van der Waals surface area contributed by atoms with Crippen LogP contribution in [-0.2, 0) is 14.9 Å². The summed E-state index contributed by atoms with van der Waals surface area (Å²) in [4.78, 5) is 15.4. The Morgan fingerprint density at radius 3 is 2.93 bits per heavy atom. The molecule has 1 aromatic carbocycles. The average molecular weight is 368 g/mol. The molecule has 6 nitrogen and oxygen atoms in total. The lowest BCUT2D eigenvalue weighted by Gasteiger charge is -2.71. The van der Waals surface area contributed by atoms with E-state index in [1.807, 2.05) is 18.2 Å². The molecule has 6 aliphatic rings. The van der Waals surface area contributed by atoms with E-state index in [-0.39, 0.29) is 6.04 Å². The molecule has 2 bridgehead atoms. The molecule has 27 heavy (non-hydrogen) atoms. The van der Waals surface area contributed by atoms with Crippen LogP contribution in [0.3, 0.4) is 0 Å². The summed E-state index contributed by atoms with van der Waals surface area (Å²) in [6.45, 7) is 1.73. The Bertz CT molecular complexity index is 902. The molecule has 6 unspecified atom stereocenters. The summed E-state index contributed by atoms with van der Waals surface area (Å²) in [7, 11) is 1.29. The predicted molar refractivity (Wildman–Crippen MR) is 98.2 cm³/mol. The van der Waals surface area contributed by atoms with Crippen molar-refractivity contribution >= 4 is 11.7 Å². The van der Waals surface area contributed by atoms with Crippen LogP contribution >= 0.6 is 0 Å². The van der Waals surface area contributed by atoms with Gasteiger partial charge in [-0.1, -0.05) is 30.4 Å². The predicted octanol–water partition coefficient (Wildman–Crippen LogP) is 0.792. The van der Waals surface area contributed by atoms with Gasteiger partial charge in [0.15, 0.2) is 0 Å². The van der Waals surface area contributed by atoms with Gasteiger partial charge < -0.3 is 20.3 Å². The van der Waals surface area contributed by atoms with E-state index in [1.165, 1.54) is 7.11 Å². The van der Waals surface area contributed by atoms with Crippen molar-refractivity contribution in [1.82, 2.24) is 4.90 Å². The highest BCUT2D eigenvalue weighted by atomic mass is 16.5. The van der Waals surface area contributed by atoms with Crippen molar-refractivity contribution in [2.24, 2.45) is 5.41 Å². The molecule has 1 aromatic rings. The second kappa shape index (κ2) is 4.57. The molecule has 0 amide bonds. The van der Waals surface area contributed by atoms with E-state index in [4.69, 9.17) is 4.74 Å². The Hall–Kier alpha value is -1.89. The minimum atomic E-state index is -2.01. The fourth-order valence-corrected chi connectivity index (χ4v) is 7.65. The van der Waals surface area contributed by atoms with Gasteiger partial charge in [0.1, 0.15) is 6.10 Å². The maximum Gasteiger partial charge on any atom is 0.343 e. The van der Waals surface area contributed by atoms with Crippen molar-refractivity contribution in [3.05, 3.63) is 42.0 Å². The number of esters is 1. The summed E-state index contributed by atoms with van der Waals surface area (Å²) in [5, 5.41) is 27.0. The molecule has 3 N–H and O–H groups in total. The summed E-state index contributed by atoms with van der Waals surface area (Å²) in [5.74, 6) is -0.746. The Morgan fingerprint density at radius 2 is 2.11 bits per heavy atom. The average Bonchev–Trinajstić information content (AvgIpc) is 3.24. The highest BCUT2D eigenvalue weighted by Gasteiger charge is 2.87. The number of carbonyl (C=O) groups is 1. The van der Waals surface area contributed by atoms with Crippen LogP contribution in [0.5, 0.6) is 0 Å². The molecular weight excluding hydrogens is 344 g/mol. The summed E-state index contributed by atoms with van der Waals surface area (Å²) in [5.41, 5.74) is -1.95. The Kier molecular flexibility index (Phi) is 2.72. The second-order valence-electron chi connectivity index (χ2n) is 8.87. The van der Waals surface area contributed by atoms with Gasteiger partial charge in [-0.25, -0.2) is 4.79 Å². The van der Waals surface area contributed by atoms with E-state index in [2.05, 4.69) is 28.4 Å². The molecular formula is C21H24N2O4. The zero-order valence-corrected chi connectivity index (χ0v) is 15.3. The number of nitrogens with one attached hydrogen (secondary N) is 1. The van der Waals surface area contributed by atoms with E-state index < -0.39 is 34.0 Å². The lowest BCUT2D eigenvalue weighted by Crippen LogP contribution is -2.88. The van der Waals surface area contributed by atoms with Gasteiger partial charge in [-0.3, -0.25) is 4.90 Å². The molecule has 7 rings (SSSR count). The maximum atomic E-state index is 13.0. The van der Waals surface area contributed by atoms with Crippen LogP contribution < -0.4 is 5.32 Å². The van der Waals surface area contributed by atoms with Crippen LogP contribution in [0.25, 0.3) is 0 Å². The standard InChI is InChI=1S/C21H24N2O4/c1-27-17(25)21(26)16(24)18-7-4-11-23-12-10-19(15(18)23)13-5-2-3-6-14(13)22-20(19,21)9-8-18/h2-7,15-16,22,24,26H,8-12H2,1H3. The third kappa shape index (κ3) is 1.33. The number of fused-ring (bicyclic) bond motifs is 3. The van der Waals surface area contributed by atoms with Crippen molar-refractivity contribution < 1.29 is 19.7 Å². The first kappa shape index (κ1) is 16.1. The summed E-state index contributed by atoms with van der Waals surface area (Å²) < 4.78 is 5.07. The lowest BCUT2D eigenvalue weighted by atomic mass is 9.37. The van der Waals surface area contributed by atoms with E-state index in [1.54, 1.807) is 0 Å². The summed E-state index contributed by atoms with van der Waals surface area (Å²) >= 11 is 0. The zero-order chi connectivity index (χ0) is 18.7. The maximum absolute atomic E-state index is 13.0. The number of aliphatic hydroxyl groups excluding tert-OH is 1. The molecule has 3 spiro atoms. The number of anilines is 1. The molecule has 3 aliphatic heterocycles. The number of ether oxygens (including phenoxy) is 1. The highest BCUT2D eigenvalue weighted by molar-refractivity contribution is 5.88. The third-order valence-electron chi connectivity index (χ3n) is 8.40. The van der Waals surface area contributed by atoms with Crippen molar-refractivity contribution in [2.45, 2.75) is 48.0 Å². The van der Waals surface area contributed by atoms with Crippen LogP contribution in [0, 0.1) is 5.41 Å². The van der Waals surface area contributed by atoms with Crippen molar-refractivity contribution in [2.75, 3.05) is 25.5 Å². The van der Waals surface area contributed by atoms with E-state index >= 15 is 0 Å². The monoisotopic (exact) mass is 368 g/mol. The fraction of sp³-hybridized carbons (Fsp3) is 0.571. The SMILES string of the molecule is COC(=O)C1(O)C(O)C23C=CCN4CCC5(c6ccccc6NC15CC2)C43. The molecule has 1 saturated heterocycles. The first-order valence-corrected chi connectivity index (χ1v) is 9.76. The first-order valence-electron chi connectivity index (χ1n) is 9.76. The van der Waals surface area contributed by atoms with Gasteiger partial charge in [-0.15, -0.1) is 0 Å². The van der Waals surface area contributed by atoms with Crippen LogP contribution in [0.2, 0.25) is 0 Å². The fourth-order valence-electron chi connectivity index (χ4n) is 7.65. The van der Waals surface area contributed by atoms with Crippen LogP contribution in [0.1, 0.15) is 24.8 Å². The topological polar surface area (TPSA) is 82.0 Å². The largest absolute Gasteiger partial charge is 0.467 e. The smallest absolute Gasteiger partial charge is 0.343 e. The molecule has 0 aromatic heterocycles. The zero-order valence-electron chi connectivity index (χ0n) is 15.3. The van der Waals surface area contributed by atoms with Gasteiger partial charge in [-0.2, -0.15) is 0 Å². The Morgan fingerprint density at radius 1 is 1.30 bits per heavy atom. The van der Waals surface area contributed by atoms with Gasteiger partial charge in [-0.05, 0) is 37.4 Å². The van der Waals surface area contributed by atoms with Crippen LogP contribution in [0.4, 0.5) is 5.69 Å². The number of hydrogen-bond donors (Lipinski definition) is 3. The number of para-hydroxylation sites is 1. The van der Waals surface area contributed by atoms with Gasteiger partial charge in [0.2, 0.25) is 5.60 Å². The molecule has 4 fully saturated rings. The number of nitrogens with zero attached hydrogens (tertiary/aromatic N) is 1. The molecule has 142 valence electrons.